The highest BCUT2D eigenvalue weighted by Crippen LogP contribution is 2.13. The Balaban J connectivity index is 2.13. The number of ether oxygens (including phenoxy) is 1. The number of methoxy groups -OCH3 is 1. The molecule has 5 nitrogen and oxygen atoms in total. The third-order valence-electron chi connectivity index (χ3n) is 3.55. The third-order valence-corrected chi connectivity index (χ3v) is 3.55. The van der Waals surface area contributed by atoms with Gasteiger partial charge < -0.3 is 19.6 Å². The number of aryl methyl sites for hydroxylation is 1. The van der Waals surface area contributed by atoms with Crippen LogP contribution in [0.4, 0.5) is 0 Å². The van der Waals surface area contributed by atoms with E-state index in [-0.39, 0.29) is 12.1 Å². The molecule has 0 radical (unpaired) electrons. The van der Waals surface area contributed by atoms with E-state index in [0.29, 0.717) is 19.6 Å². The van der Waals surface area contributed by atoms with Gasteiger partial charge in [-0.15, -0.1) is 0 Å². The minimum Gasteiger partial charge on any atom is -0.396 e. The second-order valence-corrected chi connectivity index (χ2v) is 5.51. The average molecular weight is 277 g/mol. The number of aliphatic hydroxyl groups is 1. The van der Waals surface area contributed by atoms with Gasteiger partial charge in [0.15, 0.2) is 0 Å². The first-order valence-corrected chi connectivity index (χ1v) is 6.85. The van der Waals surface area contributed by atoms with E-state index in [9.17, 15) is 5.11 Å². The average Bonchev–Trinajstić information content (AvgIpc) is 2.79. The van der Waals surface area contributed by atoms with Crippen molar-refractivity contribution >= 4 is 5.65 Å². The lowest BCUT2D eigenvalue weighted by Crippen LogP contribution is -2.46. The zero-order chi connectivity index (χ0) is 14.6. The Bertz CT molecular complexity index is 559. The van der Waals surface area contributed by atoms with Gasteiger partial charge >= 0.3 is 0 Å². The second kappa shape index (κ2) is 6.35. The van der Waals surface area contributed by atoms with E-state index in [2.05, 4.69) is 40.8 Å². The van der Waals surface area contributed by atoms with Crippen molar-refractivity contribution in [3.05, 3.63) is 35.8 Å². The number of aliphatic hydroxyl groups excluding tert-OH is 1. The van der Waals surface area contributed by atoms with Gasteiger partial charge in [-0.3, -0.25) is 0 Å². The molecule has 0 spiro atoms. The number of aromatic nitrogens is 2. The maximum absolute atomic E-state index is 9.18. The molecule has 0 amide bonds. The predicted octanol–water partition coefficient (Wildman–Crippen LogP) is 1.52. The van der Waals surface area contributed by atoms with Crippen LogP contribution in [0.15, 0.2) is 24.5 Å². The van der Waals surface area contributed by atoms with Crippen molar-refractivity contribution in [1.29, 1.82) is 0 Å². The first-order valence-electron chi connectivity index (χ1n) is 6.85. The topological polar surface area (TPSA) is 58.8 Å². The Labute approximate surface area is 119 Å². The SMILES string of the molecule is COCC(C)(CCO)NCc1cnc2ccc(C)cn12. The normalized spacial score (nSPS) is 14.6. The molecule has 2 heterocycles. The Morgan fingerprint density at radius 2 is 2.25 bits per heavy atom. The molecule has 2 N–H and O–H groups in total. The Morgan fingerprint density at radius 1 is 1.45 bits per heavy atom. The maximum Gasteiger partial charge on any atom is 0.136 e. The zero-order valence-electron chi connectivity index (χ0n) is 12.4. The van der Waals surface area contributed by atoms with E-state index < -0.39 is 0 Å². The lowest BCUT2D eigenvalue weighted by molar-refractivity contribution is 0.0967. The Morgan fingerprint density at radius 3 is 2.95 bits per heavy atom. The third kappa shape index (κ3) is 3.36. The number of hydrogen-bond acceptors (Lipinski definition) is 4. The fourth-order valence-electron chi connectivity index (χ4n) is 2.35. The minimum atomic E-state index is -0.239. The van der Waals surface area contributed by atoms with Crippen molar-refractivity contribution in [2.24, 2.45) is 0 Å². The highest BCUT2D eigenvalue weighted by Gasteiger charge is 2.23. The number of nitrogens with zero attached hydrogens (tertiary/aromatic N) is 2. The predicted molar refractivity (Wildman–Crippen MR) is 78.8 cm³/mol. The summed E-state index contributed by atoms with van der Waals surface area (Å²) in [6, 6.07) is 4.07. The van der Waals surface area contributed by atoms with Crippen LogP contribution >= 0.6 is 0 Å². The Kier molecular flexibility index (Phi) is 4.75. The molecule has 0 saturated carbocycles. The summed E-state index contributed by atoms with van der Waals surface area (Å²) in [4.78, 5) is 4.39. The Hall–Kier alpha value is -1.43. The van der Waals surface area contributed by atoms with E-state index in [4.69, 9.17) is 4.74 Å². The summed E-state index contributed by atoms with van der Waals surface area (Å²) in [5.74, 6) is 0. The summed E-state index contributed by atoms with van der Waals surface area (Å²) in [5.41, 5.74) is 3.01. The lowest BCUT2D eigenvalue weighted by atomic mass is 9.99. The number of imidazole rings is 1. The van der Waals surface area contributed by atoms with Crippen molar-refractivity contribution in [3.63, 3.8) is 0 Å². The minimum absolute atomic E-state index is 0.138. The van der Waals surface area contributed by atoms with Crippen molar-refractivity contribution in [3.8, 4) is 0 Å². The molecule has 0 aliphatic rings. The molecule has 0 bridgehead atoms. The van der Waals surface area contributed by atoms with Crippen molar-refractivity contribution in [2.75, 3.05) is 20.3 Å². The second-order valence-electron chi connectivity index (χ2n) is 5.51. The van der Waals surface area contributed by atoms with Gasteiger partial charge in [-0.05, 0) is 31.9 Å². The molecule has 2 aromatic rings. The van der Waals surface area contributed by atoms with Crippen LogP contribution in [0.5, 0.6) is 0 Å². The van der Waals surface area contributed by atoms with Crippen LogP contribution in [-0.2, 0) is 11.3 Å². The molecule has 0 saturated heterocycles. The van der Waals surface area contributed by atoms with Gasteiger partial charge in [-0.2, -0.15) is 0 Å². The quantitative estimate of drug-likeness (QED) is 0.805. The maximum atomic E-state index is 9.18. The molecule has 20 heavy (non-hydrogen) atoms. The number of pyridine rings is 1. The van der Waals surface area contributed by atoms with Gasteiger partial charge in [0.25, 0.3) is 0 Å². The molecule has 0 fully saturated rings. The number of nitrogens with one attached hydrogen (secondary N) is 1. The first-order chi connectivity index (χ1) is 9.58. The smallest absolute Gasteiger partial charge is 0.136 e. The fourth-order valence-corrected chi connectivity index (χ4v) is 2.35. The standard InChI is InChI=1S/C15H23N3O2/c1-12-4-5-14-16-8-13(18(14)10-12)9-17-15(2,6-7-19)11-20-3/h4-5,8,10,17,19H,6-7,9,11H2,1-3H3. The molecule has 0 aliphatic heterocycles. The molecule has 5 heteroatoms. The monoisotopic (exact) mass is 277 g/mol. The summed E-state index contributed by atoms with van der Waals surface area (Å²) >= 11 is 0. The van der Waals surface area contributed by atoms with Crippen LogP contribution in [0.3, 0.4) is 0 Å². The number of rotatable bonds is 7. The van der Waals surface area contributed by atoms with Crippen molar-refractivity contribution in [1.82, 2.24) is 14.7 Å². The zero-order valence-corrected chi connectivity index (χ0v) is 12.4. The number of hydrogen-bond donors (Lipinski definition) is 2. The van der Waals surface area contributed by atoms with E-state index in [0.717, 1.165) is 11.3 Å². The first kappa shape index (κ1) is 15.0. The van der Waals surface area contributed by atoms with Crippen LogP contribution in [0, 0.1) is 6.92 Å². The fraction of sp³-hybridized carbons (Fsp3) is 0.533. The van der Waals surface area contributed by atoms with Crippen LogP contribution in [0.1, 0.15) is 24.6 Å². The highest BCUT2D eigenvalue weighted by atomic mass is 16.5. The van der Waals surface area contributed by atoms with Crippen LogP contribution < -0.4 is 5.32 Å². The van der Waals surface area contributed by atoms with E-state index in [1.165, 1.54) is 5.56 Å². The molecule has 1 atom stereocenters. The van der Waals surface area contributed by atoms with Crippen LogP contribution in [0.2, 0.25) is 0 Å². The van der Waals surface area contributed by atoms with E-state index >= 15 is 0 Å². The summed E-state index contributed by atoms with van der Waals surface area (Å²) < 4.78 is 7.33. The van der Waals surface area contributed by atoms with Gasteiger partial charge in [-0.1, -0.05) is 6.07 Å². The molecular weight excluding hydrogens is 254 g/mol. The van der Waals surface area contributed by atoms with Gasteiger partial charge in [0, 0.05) is 32.0 Å². The van der Waals surface area contributed by atoms with Gasteiger partial charge in [0.2, 0.25) is 0 Å². The number of fused-ring (bicyclic) bond motifs is 1. The molecule has 0 aliphatic carbocycles. The summed E-state index contributed by atoms with van der Waals surface area (Å²) in [6.07, 6.45) is 4.61. The van der Waals surface area contributed by atoms with Crippen LogP contribution in [-0.4, -0.2) is 40.4 Å². The van der Waals surface area contributed by atoms with Crippen molar-refractivity contribution < 1.29 is 9.84 Å². The van der Waals surface area contributed by atoms with Gasteiger partial charge in [0.1, 0.15) is 5.65 Å². The van der Waals surface area contributed by atoms with Crippen LogP contribution in [0.25, 0.3) is 5.65 Å². The highest BCUT2D eigenvalue weighted by molar-refractivity contribution is 5.41. The van der Waals surface area contributed by atoms with Crippen molar-refractivity contribution in [2.45, 2.75) is 32.4 Å². The molecule has 2 aromatic heterocycles. The van der Waals surface area contributed by atoms with E-state index in [1.807, 2.05) is 12.3 Å². The summed E-state index contributed by atoms with van der Waals surface area (Å²) in [6.45, 7) is 5.51. The molecule has 110 valence electrons. The van der Waals surface area contributed by atoms with Gasteiger partial charge in [0.05, 0.1) is 18.5 Å². The summed E-state index contributed by atoms with van der Waals surface area (Å²) in [5, 5.41) is 12.6. The molecular formula is C15H23N3O2. The van der Waals surface area contributed by atoms with Gasteiger partial charge in [-0.25, -0.2) is 4.98 Å². The molecule has 2 rings (SSSR count). The van der Waals surface area contributed by atoms with E-state index in [1.54, 1.807) is 7.11 Å². The summed E-state index contributed by atoms with van der Waals surface area (Å²) in [7, 11) is 1.68. The molecule has 0 aromatic carbocycles. The molecule has 1 unspecified atom stereocenters. The largest absolute Gasteiger partial charge is 0.396 e. The lowest BCUT2D eigenvalue weighted by Gasteiger charge is -2.29.